The van der Waals surface area contributed by atoms with E-state index >= 15 is 0 Å². The van der Waals surface area contributed by atoms with Gasteiger partial charge in [0.2, 0.25) is 0 Å². The van der Waals surface area contributed by atoms with Crippen molar-refractivity contribution in [3.05, 3.63) is 84.7 Å². The molecule has 0 aliphatic carbocycles. The Morgan fingerprint density at radius 1 is 1.00 bits per heavy atom. The number of rotatable bonds is 4. The molecule has 31 heavy (non-hydrogen) atoms. The van der Waals surface area contributed by atoms with E-state index in [1.165, 1.54) is 10.7 Å². The number of hydrogen-bond acceptors (Lipinski definition) is 6. The number of aryl methyl sites for hydroxylation is 1. The molecule has 2 heterocycles. The number of aromatic nitrogens is 2. The minimum atomic E-state index is -0.430. The van der Waals surface area contributed by atoms with Crippen molar-refractivity contribution in [3.8, 4) is 5.69 Å². The summed E-state index contributed by atoms with van der Waals surface area (Å²) >= 11 is 12.6. The van der Waals surface area contributed by atoms with E-state index in [9.17, 15) is 14.9 Å². The summed E-state index contributed by atoms with van der Waals surface area (Å²) in [4.78, 5) is 27.7. The van der Waals surface area contributed by atoms with Crippen LogP contribution in [0.3, 0.4) is 0 Å². The van der Waals surface area contributed by atoms with E-state index in [0.29, 0.717) is 48.3 Å². The Bertz CT molecular complexity index is 1210. The summed E-state index contributed by atoms with van der Waals surface area (Å²) in [6.45, 7) is 4.08. The molecule has 0 unspecified atom stereocenters. The summed E-state index contributed by atoms with van der Waals surface area (Å²) in [5.74, 6) is 0. The molecule has 2 aromatic carbocycles. The van der Waals surface area contributed by atoms with Crippen molar-refractivity contribution in [2.75, 3.05) is 36.0 Å². The molecule has 0 amide bonds. The molecule has 160 valence electrons. The molecule has 0 bridgehead atoms. The molecule has 0 radical (unpaired) electrons. The highest BCUT2D eigenvalue weighted by Crippen LogP contribution is 2.30. The monoisotopic (exact) mass is 459 g/mol. The fraction of sp³-hybridized carbons (Fsp3) is 0.238. The standard InChI is InChI=1S/C21H19Cl2N5O3/c1-14-6-7-15(12-16(14)22)27-21(29)20(23)19(13-24-27)26-10-8-25(9-11-26)17-4-2-3-5-18(17)28(30)31/h2-7,12-13H,8-11H2,1H3. The van der Waals surface area contributed by atoms with Crippen molar-refractivity contribution in [1.82, 2.24) is 9.78 Å². The van der Waals surface area contributed by atoms with E-state index in [1.807, 2.05) is 22.8 Å². The molecule has 1 aliphatic rings. The zero-order valence-corrected chi connectivity index (χ0v) is 18.2. The Hall–Kier alpha value is -3.10. The van der Waals surface area contributed by atoms with Crippen molar-refractivity contribution < 1.29 is 4.92 Å². The van der Waals surface area contributed by atoms with Gasteiger partial charge in [-0.05, 0) is 30.7 Å². The van der Waals surface area contributed by atoms with Gasteiger partial charge in [0.05, 0.1) is 22.5 Å². The van der Waals surface area contributed by atoms with Crippen LogP contribution in [0.1, 0.15) is 5.56 Å². The average Bonchev–Trinajstić information content (AvgIpc) is 2.78. The van der Waals surface area contributed by atoms with Gasteiger partial charge in [-0.15, -0.1) is 0 Å². The molecule has 4 rings (SSSR count). The number of nitrogens with zero attached hydrogens (tertiary/aromatic N) is 5. The Balaban J connectivity index is 1.56. The van der Waals surface area contributed by atoms with Crippen LogP contribution in [-0.4, -0.2) is 40.9 Å². The molecule has 0 saturated carbocycles. The minimum Gasteiger partial charge on any atom is -0.365 e. The molecular formula is C21H19Cl2N5O3. The zero-order chi connectivity index (χ0) is 22.1. The Morgan fingerprint density at radius 2 is 1.65 bits per heavy atom. The van der Waals surface area contributed by atoms with Crippen LogP contribution in [0.2, 0.25) is 10.0 Å². The number of para-hydroxylation sites is 2. The molecule has 0 atom stereocenters. The molecular weight excluding hydrogens is 441 g/mol. The summed E-state index contributed by atoms with van der Waals surface area (Å²) in [5, 5.41) is 16.2. The lowest BCUT2D eigenvalue weighted by atomic mass is 10.2. The lowest BCUT2D eigenvalue weighted by Crippen LogP contribution is -2.47. The van der Waals surface area contributed by atoms with Gasteiger partial charge in [0, 0.05) is 37.3 Å². The van der Waals surface area contributed by atoms with Gasteiger partial charge in [-0.25, -0.2) is 0 Å². The van der Waals surface area contributed by atoms with Crippen LogP contribution in [0.25, 0.3) is 5.69 Å². The van der Waals surface area contributed by atoms with Crippen LogP contribution in [-0.2, 0) is 0 Å². The molecule has 1 fully saturated rings. The summed E-state index contributed by atoms with van der Waals surface area (Å²) < 4.78 is 1.22. The smallest absolute Gasteiger partial charge is 0.292 e. The molecule has 1 saturated heterocycles. The zero-order valence-electron chi connectivity index (χ0n) is 16.7. The number of hydrogen-bond donors (Lipinski definition) is 0. The van der Waals surface area contributed by atoms with Crippen LogP contribution in [0.15, 0.2) is 53.5 Å². The molecule has 1 aromatic heterocycles. The maximum Gasteiger partial charge on any atom is 0.292 e. The Labute approximate surface area is 188 Å². The first-order valence-electron chi connectivity index (χ1n) is 9.64. The Morgan fingerprint density at radius 3 is 2.29 bits per heavy atom. The van der Waals surface area contributed by atoms with Crippen LogP contribution in [0.5, 0.6) is 0 Å². The van der Waals surface area contributed by atoms with E-state index in [2.05, 4.69) is 5.10 Å². The minimum absolute atomic E-state index is 0.0749. The van der Waals surface area contributed by atoms with Crippen LogP contribution >= 0.6 is 23.2 Å². The van der Waals surface area contributed by atoms with E-state index in [4.69, 9.17) is 23.2 Å². The molecule has 8 nitrogen and oxygen atoms in total. The highest BCUT2D eigenvalue weighted by atomic mass is 35.5. The maximum atomic E-state index is 12.8. The SMILES string of the molecule is Cc1ccc(-n2ncc(N3CCN(c4ccccc4[N+](=O)[O-])CC3)c(Cl)c2=O)cc1Cl. The summed E-state index contributed by atoms with van der Waals surface area (Å²) in [6.07, 6.45) is 1.57. The van der Waals surface area contributed by atoms with Crippen molar-refractivity contribution in [2.45, 2.75) is 6.92 Å². The van der Waals surface area contributed by atoms with Gasteiger partial charge >= 0.3 is 0 Å². The van der Waals surface area contributed by atoms with Gasteiger partial charge in [0.25, 0.3) is 11.2 Å². The van der Waals surface area contributed by atoms with Gasteiger partial charge in [0.1, 0.15) is 10.7 Å². The molecule has 1 aliphatic heterocycles. The highest BCUT2D eigenvalue weighted by Gasteiger charge is 2.25. The van der Waals surface area contributed by atoms with Crippen molar-refractivity contribution in [2.24, 2.45) is 0 Å². The first-order valence-corrected chi connectivity index (χ1v) is 10.4. The summed E-state index contributed by atoms with van der Waals surface area (Å²) in [5.41, 5.74) is 2.22. The number of piperazine rings is 1. The predicted octanol–water partition coefficient (Wildman–Crippen LogP) is 4.08. The highest BCUT2D eigenvalue weighted by molar-refractivity contribution is 6.33. The molecule has 10 heteroatoms. The molecule has 3 aromatic rings. The Kier molecular flexibility index (Phi) is 5.84. The second-order valence-electron chi connectivity index (χ2n) is 7.21. The van der Waals surface area contributed by atoms with E-state index in [-0.39, 0.29) is 15.6 Å². The quantitative estimate of drug-likeness (QED) is 0.431. The maximum absolute atomic E-state index is 12.8. The third-order valence-electron chi connectivity index (χ3n) is 5.34. The lowest BCUT2D eigenvalue weighted by Gasteiger charge is -2.37. The van der Waals surface area contributed by atoms with Gasteiger partial charge < -0.3 is 9.80 Å². The van der Waals surface area contributed by atoms with Gasteiger partial charge in [-0.3, -0.25) is 14.9 Å². The number of nitro benzene ring substituents is 1. The van der Waals surface area contributed by atoms with Crippen molar-refractivity contribution in [1.29, 1.82) is 0 Å². The lowest BCUT2D eigenvalue weighted by molar-refractivity contribution is -0.384. The normalized spacial score (nSPS) is 14.0. The third kappa shape index (κ3) is 4.08. The summed E-state index contributed by atoms with van der Waals surface area (Å²) in [6, 6.07) is 11.9. The average molecular weight is 460 g/mol. The number of halogens is 2. The molecule has 0 spiro atoms. The van der Waals surface area contributed by atoms with E-state index in [0.717, 1.165) is 5.56 Å². The first kappa shape index (κ1) is 21.1. The largest absolute Gasteiger partial charge is 0.365 e. The van der Waals surface area contributed by atoms with Gasteiger partial charge in [-0.2, -0.15) is 9.78 Å². The van der Waals surface area contributed by atoms with Crippen molar-refractivity contribution in [3.63, 3.8) is 0 Å². The predicted molar refractivity (Wildman–Crippen MR) is 122 cm³/mol. The number of nitro groups is 1. The molecule has 0 N–H and O–H groups in total. The summed E-state index contributed by atoms with van der Waals surface area (Å²) in [7, 11) is 0. The van der Waals surface area contributed by atoms with Crippen LogP contribution in [0, 0.1) is 17.0 Å². The number of benzene rings is 2. The topological polar surface area (TPSA) is 84.5 Å². The van der Waals surface area contributed by atoms with E-state index in [1.54, 1.807) is 36.5 Å². The first-order chi connectivity index (χ1) is 14.9. The second-order valence-corrected chi connectivity index (χ2v) is 8.00. The second kappa shape index (κ2) is 8.56. The van der Waals surface area contributed by atoms with E-state index < -0.39 is 5.56 Å². The van der Waals surface area contributed by atoms with Crippen LogP contribution < -0.4 is 15.4 Å². The van der Waals surface area contributed by atoms with Crippen molar-refractivity contribution >= 4 is 40.3 Å². The number of anilines is 2. The fourth-order valence-corrected chi connectivity index (χ4v) is 4.04. The van der Waals surface area contributed by atoms with Crippen LogP contribution in [0.4, 0.5) is 17.1 Å². The fourth-order valence-electron chi connectivity index (χ4n) is 3.62. The third-order valence-corrected chi connectivity index (χ3v) is 6.10. The van der Waals surface area contributed by atoms with Gasteiger partial charge in [0.15, 0.2) is 0 Å². The van der Waals surface area contributed by atoms with Gasteiger partial charge in [-0.1, -0.05) is 41.4 Å².